The molecule has 1 aliphatic carbocycles. The van der Waals surface area contributed by atoms with E-state index in [1.807, 2.05) is 29.2 Å². The van der Waals surface area contributed by atoms with Crippen molar-refractivity contribution in [1.29, 1.82) is 0 Å². The minimum absolute atomic E-state index is 0.0109. The fourth-order valence-corrected chi connectivity index (χ4v) is 6.49. The summed E-state index contributed by atoms with van der Waals surface area (Å²) in [4.78, 5) is 28.3. The summed E-state index contributed by atoms with van der Waals surface area (Å²) >= 11 is 0. The molecule has 1 amide bonds. The van der Waals surface area contributed by atoms with Crippen molar-refractivity contribution in [3.8, 4) is 11.1 Å². The lowest BCUT2D eigenvalue weighted by molar-refractivity contribution is 0.00650. The van der Waals surface area contributed by atoms with Gasteiger partial charge in [-0.25, -0.2) is 13.6 Å². The van der Waals surface area contributed by atoms with Gasteiger partial charge in [0.2, 0.25) is 0 Å². The highest BCUT2D eigenvalue weighted by atomic mass is 19.1. The molecule has 6 rings (SSSR count). The number of hydrogen-bond acceptors (Lipinski definition) is 3. The fraction of sp³-hybridized carbons (Fsp3) is 0.333. The second kappa shape index (κ2) is 9.16. The molecule has 2 fully saturated rings. The van der Waals surface area contributed by atoms with Crippen molar-refractivity contribution in [3.63, 3.8) is 0 Å². The zero-order chi connectivity index (χ0) is 24.8. The molecule has 184 valence electrons. The van der Waals surface area contributed by atoms with Gasteiger partial charge in [0, 0.05) is 35.5 Å². The van der Waals surface area contributed by atoms with Gasteiger partial charge in [0.15, 0.2) is 5.78 Å². The Morgan fingerprint density at radius 1 is 0.833 bits per heavy atom. The summed E-state index contributed by atoms with van der Waals surface area (Å²) in [7, 11) is 0. The maximum absolute atomic E-state index is 13.7. The highest BCUT2D eigenvalue weighted by molar-refractivity contribution is 5.98. The summed E-state index contributed by atoms with van der Waals surface area (Å²) in [5.74, 6) is -2.14. The van der Waals surface area contributed by atoms with Crippen LogP contribution in [0, 0.1) is 17.6 Å². The molecule has 0 radical (unpaired) electrons. The minimum Gasteiger partial charge on any atom is -0.448 e. The first-order valence-electron chi connectivity index (χ1n) is 12.6. The molecule has 2 heterocycles. The van der Waals surface area contributed by atoms with Crippen LogP contribution in [-0.4, -0.2) is 35.5 Å². The number of amides is 1. The van der Waals surface area contributed by atoms with E-state index in [-0.39, 0.29) is 48.0 Å². The number of piperidine rings is 2. The second-order valence-electron chi connectivity index (χ2n) is 10.1. The molecule has 36 heavy (non-hydrogen) atoms. The Balaban J connectivity index is 1.17. The number of carbonyl (C=O) groups excluding carboxylic acids is 2. The highest BCUT2D eigenvalue weighted by Crippen LogP contribution is 2.45. The first-order chi connectivity index (χ1) is 17.5. The van der Waals surface area contributed by atoms with Crippen LogP contribution in [0.4, 0.5) is 13.6 Å². The van der Waals surface area contributed by atoms with E-state index in [0.717, 1.165) is 37.5 Å². The van der Waals surface area contributed by atoms with Gasteiger partial charge in [-0.1, -0.05) is 48.5 Å². The van der Waals surface area contributed by atoms with E-state index in [9.17, 15) is 18.4 Å². The molecular weight excluding hydrogens is 460 g/mol. The van der Waals surface area contributed by atoms with Gasteiger partial charge in [-0.05, 0) is 66.5 Å². The molecule has 4 nitrogen and oxygen atoms in total. The normalized spacial score (nSPS) is 22.6. The molecule has 2 unspecified atom stereocenters. The lowest BCUT2D eigenvalue weighted by Crippen LogP contribution is -2.55. The van der Waals surface area contributed by atoms with E-state index < -0.39 is 11.6 Å². The number of Topliss-reactive ketones (excluding diaryl/α,β-unsaturated/α-hetero) is 1. The Morgan fingerprint density at radius 3 is 1.97 bits per heavy atom. The minimum atomic E-state index is -0.755. The Bertz CT molecular complexity index is 1260. The number of nitrogens with zero attached hydrogens (tertiary/aromatic N) is 1. The molecule has 2 aliphatic heterocycles. The number of ether oxygens (including phenoxy) is 1. The van der Waals surface area contributed by atoms with Crippen LogP contribution >= 0.6 is 0 Å². The molecule has 3 aromatic rings. The first kappa shape index (κ1) is 22.9. The quantitative estimate of drug-likeness (QED) is 0.384. The van der Waals surface area contributed by atoms with E-state index in [2.05, 4.69) is 24.3 Å². The Labute approximate surface area is 208 Å². The van der Waals surface area contributed by atoms with Gasteiger partial charge in [0.1, 0.15) is 18.2 Å². The number of ketones is 1. The largest absolute Gasteiger partial charge is 0.448 e. The predicted molar refractivity (Wildman–Crippen MR) is 132 cm³/mol. The van der Waals surface area contributed by atoms with Crippen molar-refractivity contribution < 1.29 is 23.1 Å². The Morgan fingerprint density at radius 2 is 1.39 bits per heavy atom. The van der Waals surface area contributed by atoms with Gasteiger partial charge < -0.3 is 9.64 Å². The summed E-state index contributed by atoms with van der Waals surface area (Å²) < 4.78 is 33.3. The van der Waals surface area contributed by atoms with E-state index in [4.69, 9.17) is 4.74 Å². The molecule has 2 atom stereocenters. The third kappa shape index (κ3) is 3.98. The van der Waals surface area contributed by atoms with Crippen molar-refractivity contribution in [2.45, 2.75) is 50.1 Å². The standard InChI is InChI=1S/C30H27F2NO3/c31-20-12-18(13-21(32)16-20)29(34)19-14-22-6-5-7-23(15-19)33(22)30(35)36-17-28-26-10-3-1-8-24(26)25-9-2-4-11-27(25)28/h1-4,8-13,16,19,22-23,28H,5-7,14-15,17H2. The molecule has 3 aliphatic rings. The van der Waals surface area contributed by atoms with Crippen LogP contribution in [-0.2, 0) is 4.74 Å². The molecule has 0 N–H and O–H groups in total. The van der Waals surface area contributed by atoms with E-state index in [1.54, 1.807) is 0 Å². The maximum Gasteiger partial charge on any atom is 0.410 e. The van der Waals surface area contributed by atoms with Crippen LogP contribution in [0.2, 0.25) is 0 Å². The SMILES string of the molecule is O=C(c1cc(F)cc(F)c1)C1CC2CCCC(C1)N2C(=O)OCC1c2ccccc2-c2ccccc21. The number of hydrogen-bond donors (Lipinski definition) is 0. The third-order valence-electron chi connectivity index (χ3n) is 8.04. The summed E-state index contributed by atoms with van der Waals surface area (Å²) in [6.07, 6.45) is 3.20. The molecule has 0 spiro atoms. The van der Waals surface area contributed by atoms with E-state index in [0.29, 0.717) is 12.8 Å². The van der Waals surface area contributed by atoms with Crippen LogP contribution in [0.5, 0.6) is 0 Å². The van der Waals surface area contributed by atoms with Crippen LogP contribution in [0.15, 0.2) is 66.7 Å². The van der Waals surface area contributed by atoms with Crippen LogP contribution < -0.4 is 0 Å². The predicted octanol–water partition coefficient (Wildman–Crippen LogP) is 6.73. The van der Waals surface area contributed by atoms with Crippen LogP contribution in [0.25, 0.3) is 11.1 Å². The molecular formula is C30H27F2NO3. The first-order valence-corrected chi connectivity index (χ1v) is 12.6. The zero-order valence-corrected chi connectivity index (χ0v) is 19.8. The summed E-state index contributed by atoms with van der Waals surface area (Å²) in [6.45, 7) is 0.258. The van der Waals surface area contributed by atoms with Gasteiger partial charge in [-0.3, -0.25) is 4.79 Å². The molecule has 2 bridgehead atoms. The lowest BCUT2D eigenvalue weighted by atomic mass is 9.76. The van der Waals surface area contributed by atoms with Crippen LogP contribution in [0.3, 0.4) is 0 Å². The number of rotatable bonds is 4. The number of fused-ring (bicyclic) bond motifs is 5. The average Bonchev–Trinajstić information content (AvgIpc) is 3.19. The molecule has 3 aromatic carbocycles. The van der Waals surface area contributed by atoms with Gasteiger partial charge in [0.25, 0.3) is 0 Å². The molecule has 0 saturated carbocycles. The average molecular weight is 488 g/mol. The topological polar surface area (TPSA) is 46.6 Å². The zero-order valence-electron chi connectivity index (χ0n) is 19.8. The van der Waals surface area contributed by atoms with Gasteiger partial charge in [-0.2, -0.15) is 0 Å². The van der Waals surface area contributed by atoms with E-state index >= 15 is 0 Å². The smallest absolute Gasteiger partial charge is 0.410 e. The summed E-state index contributed by atoms with van der Waals surface area (Å²) in [5.41, 5.74) is 4.75. The summed E-state index contributed by atoms with van der Waals surface area (Å²) in [5, 5.41) is 0. The molecule has 2 saturated heterocycles. The number of benzene rings is 3. The van der Waals surface area contributed by atoms with Crippen molar-refractivity contribution >= 4 is 11.9 Å². The molecule has 6 heteroatoms. The Kier molecular flexibility index (Phi) is 5.82. The maximum atomic E-state index is 13.7. The van der Waals surface area contributed by atoms with Crippen molar-refractivity contribution in [2.24, 2.45) is 5.92 Å². The van der Waals surface area contributed by atoms with Gasteiger partial charge >= 0.3 is 6.09 Å². The third-order valence-corrected chi connectivity index (χ3v) is 8.04. The van der Waals surface area contributed by atoms with Crippen LogP contribution in [0.1, 0.15) is 59.5 Å². The monoisotopic (exact) mass is 487 g/mol. The van der Waals surface area contributed by atoms with E-state index in [1.165, 1.54) is 22.3 Å². The molecule has 0 aromatic heterocycles. The lowest BCUT2D eigenvalue weighted by Gasteiger charge is -2.47. The van der Waals surface area contributed by atoms with Crippen molar-refractivity contribution in [2.75, 3.05) is 6.61 Å². The van der Waals surface area contributed by atoms with Crippen molar-refractivity contribution in [1.82, 2.24) is 4.90 Å². The van der Waals surface area contributed by atoms with Gasteiger partial charge in [-0.15, -0.1) is 0 Å². The van der Waals surface area contributed by atoms with Crippen molar-refractivity contribution in [3.05, 3.63) is 95.1 Å². The Hall–Kier alpha value is -3.54. The number of carbonyl (C=O) groups is 2. The van der Waals surface area contributed by atoms with Gasteiger partial charge in [0.05, 0.1) is 0 Å². The summed E-state index contributed by atoms with van der Waals surface area (Å²) in [6, 6.07) is 19.2. The highest BCUT2D eigenvalue weighted by Gasteiger charge is 2.44. The second-order valence-corrected chi connectivity index (χ2v) is 10.1. The fourth-order valence-electron chi connectivity index (χ4n) is 6.49. The number of halogens is 2.